The zero-order valence-corrected chi connectivity index (χ0v) is 12.6. The molecule has 114 valence electrons. The van der Waals surface area contributed by atoms with E-state index < -0.39 is 0 Å². The largest absolute Gasteiger partial charge is 0.496 e. The summed E-state index contributed by atoms with van der Waals surface area (Å²) in [5.74, 6) is 0.203. The van der Waals surface area contributed by atoms with Crippen LogP contribution < -0.4 is 10.1 Å². The number of carbonyl (C=O) groups excluding carboxylic acids is 1. The molecular formula is C14H14ClN5O2. The third kappa shape index (κ3) is 2.80. The van der Waals surface area contributed by atoms with Gasteiger partial charge < -0.3 is 10.1 Å². The van der Waals surface area contributed by atoms with Crippen LogP contribution in [0.2, 0.25) is 5.02 Å². The van der Waals surface area contributed by atoms with E-state index in [0.29, 0.717) is 22.0 Å². The van der Waals surface area contributed by atoms with Crippen LogP contribution in [0.5, 0.6) is 5.75 Å². The topological polar surface area (TPSA) is 81.9 Å². The Hall–Kier alpha value is -2.41. The van der Waals surface area contributed by atoms with E-state index >= 15 is 0 Å². The minimum atomic E-state index is -0.212. The zero-order chi connectivity index (χ0) is 15.5. The molecule has 2 aromatic rings. The van der Waals surface area contributed by atoms with Gasteiger partial charge in [0.15, 0.2) is 0 Å². The molecule has 8 heteroatoms. The first-order chi connectivity index (χ1) is 10.7. The average molecular weight is 320 g/mol. The quantitative estimate of drug-likeness (QED) is 0.869. The monoisotopic (exact) mass is 319 g/mol. The van der Waals surface area contributed by atoms with Gasteiger partial charge in [0.1, 0.15) is 12.1 Å². The minimum Gasteiger partial charge on any atom is -0.496 e. The molecular weight excluding hydrogens is 306 g/mol. The van der Waals surface area contributed by atoms with Gasteiger partial charge in [0.25, 0.3) is 5.91 Å². The lowest BCUT2D eigenvalue weighted by Gasteiger charge is -2.15. The van der Waals surface area contributed by atoms with Crippen molar-refractivity contribution in [2.24, 2.45) is 0 Å². The number of aromatic nitrogens is 4. The summed E-state index contributed by atoms with van der Waals surface area (Å²) < 4.78 is 6.72. The Morgan fingerprint density at radius 3 is 2.82 bits per heavy atom. The number of halogens is 1. The summed E-state index contributed by atoms with van der Waals surface area (Å²) in [5.41, 5.74) is 0.929. The van der Waals surface area contributed by atoms with Crippen LogP contribution in [0.3, 0.4) is 0 Å². The first kappa shape index (κ1) is 14.5. The Morgan fingerprint density at radius 2 is 2.18 bits per heavy atom. The Bertz CT molecular complexity index is 706. The van der Waals surface area contributed by atoms with Crippen molar-refractivity contribution in [3.05, 3.63) is 41.2 Å². The number of carbonyl (C=O) groups is 1. The molecule has 22 heavy (non-hydrogen) atoms. The van der Waals surface area contributed by atoms with Crippen molar-refractivity contribution in [3.63, 3.8) is 0 Å². The number of rotatable bonds is 4. The molecule has 1 aliphatic rings. The summed E-state index contributed by atoms with van der Waals surface area (Å²) in [6.45, 7) is 0. The molecule has 0 radical (unpaired) electrons. The summed E-state index contributed by atoms with van der Waals surface area (Å²) in [6.07, 6.45) is 7.20. The highest BCUT2D eigenvalue weighted by Crippen LogP contribution is 2.29. The number of methoxy groups -OCH3 is 1. The van der Waals surface area contributed by atoms with E-state index in [2.05, 4.69) is 33.0 Å². The zero-order valence-electron chi connectivity index (χ0n) is 11.9. The average Bonchev–Trinajstić information content (AvgIpc) is 3.20. The molecule has 7 nitrogen and oxygen atoms in total. The first-order valence-corrected chi connectivity index (χ1v) is 7.13. The SMILES string of the molecule is COc1cc(-n2cnnn2)c(Cl)cc1C(=O)NC1CC=CC1. The van der Waals surface area contributed by atoms with Crippen LogP contribution in [0.25, 0.3) is 5.69 Å². The number of nitrogens with zero attached hydrogens (tertiary/aromatic N) is 4. The van der Waals surface area contributed by atoms with Crippen LogP contribution in [0.15, 0.2) is 30.6 Å². The summed E-state index contributed by atoms with van der Waals surface area (Å²) in [5, 5.41) is 14.3. The summed E-state index contributed by atoms with van der Waals surface area (Å²) in [4.78, 5) is 12.4. The number of amides is 1. The molecule has 1 aromatic heterocycles. The van der Waals surface area contributed by atoms with Gasteiger partial charge in [0.05, 0.1) is 23.4 Å². The van der Waals surface area contributed by atoms with Crippen LogP contribution in [0.1, 0.15) is 23.2 Å². The van der Waals surface area contributed by atoms with Crippen molar-refractivity contribution in [1.82, 2.24) is 25.5 Å². The maximum absolute atomic E-state index is 12.4. The lowest BCUT2D eigenvalue weighted by atomic mass is 10.1. The molecule has 0 unspecified atom stereocenters. The molecule has 1 heterocycles. The highest BCUT2D eigenvalue weighted by Gasteiger charge is 2.20. The van der Waals surface area contributed by atoms with Gasteiger partial charge in [-0.05, 0) is 29.3 Å². The Labute approximate surface area is 131 Å². The highest BCUT2D eigenvalue weighted by molar-refractivity contribution is 6.33. The van der Waals surface area contributed by atoms with Crippen LogP contribution >= 0.6 is 11.6 Å². The number of hydrogen-bond acceptors (Lipinski definition) is 5. The van der Waals surface area contributed by atoms with E-state index in [4.69, 9.17) is 16.3 Å². The molecule has 1 amide bonds. The third-order valence-electron chi connectivity index (χ3n) is 3.45. The standard InChI is InChI=1S/C14H14ClN5O2/c1-22-13-7-12(20-8-16-18-19-20)11(15)6-10(13)14(21)17-9-4-2-3-5-9/h2-3,6-9H,4-5H2,1H3,(H,17,21). The lowest BCUT2D eigenvalue weighted by molar-refractivity contribution is 0.0936. The van der Waals surface area contributed by atoms with Crippen LogP contribution in [0, 0.1) is 0 Å². The van der Waals surface area contributed by atoms with Crippen LogP contribution in [0.4, 0.5) is 0 Å². The number of tetrazole rings is 1. The van der Waals surface area contributed by atoms with Crippen molar-refractivity contribution < 1.29 is 9.53 Å². The van der Waals surface area contributed by atoms with Gasteiger partial charge in [-0.1, -0.05) is 23.8 Å². The van der Waals surface area contributed by atoms with Gasteiger partial charge in [-0.3, -0.25) is 4.79 Å². The maximum Gasteiger partial charge on any atom is 0.255 e. The van der Waals surface area contributed by atoms with Gasteiger partial charge in [-0.15, -0.1) is 5.10 Å². The third-order valence-corrected chi connectivity index (χ3v) is 3.76. The summed E-state index contributed by atoms with van der Waals surface area (Å²) >= 11 is 6.25. The van der Waals surface area contributed by atoms with Gasteiger partial charge in [0.2, 0.25) is 0 Å². The van der Waals surface area contributed by atoms with Gasteiger partial charge >= 0.3 is 0 Å². The molecule has 1 N–H and O–H groups in total. The molecule has 0 saturated carbocycles. The second-order valence-electron chi connectivity index (χ2n) is 4.87. The van der Waals surface area contributed by atoms with E-state index in [9.17, 15) is 4.79 Å². The van der Waals surface area contributed by atoms with Gasteiger partial charge in [0, 0.05) is 12.1 Å². The molecule has 0 spiro atoms. The van der Waals surface area contributed by atoms with Gasteiger partial charge in [-0.2, -0.15) is 4.68 Å². The molecule has 0 saturated heterocycles. The fourth-order valence-electron chi connectivity index (χ4n) is 2.33. The number of nitrogens with one attached hydrogen (secondary N) is 1. The second-order valence-corrected chi connectivity index (χ2v) is 5.28. The number of hydrogen-bond donors (Lipinski definition) is 1. The van der Waals surface area contributed by atoms with E-state index in [0.717, 1.165) is 12.8 Å². The lowest BCUT2D eigenvalue weighted by Crippen LogP contribution is -2.33. The van der Waals surface area contributed by atoms with Crippen molar-refractivity contribution >= 4 is 17.5 Å². The Balaban J connectivity index is 1.90. The smallest absolute Gasteiger partial charge is 0.255 e. The Kier molecular flexibility index (Phi) is 4.06. The van der Waals surface area contributed by atoms with E-state index in [-0.39, 0.29) is 11.9 Å². The second kappa shape index (κ2) is 6.15. The van der Waals surface area contributed by atoms with Crippen LogP contribution in [-0.4, -0.2) is 39.3 Å². The van der Waals surface area contributed by atoms with Crippen molar-refractivity contribution in [1.29, 1.82) is 0 Å². The predicted molar refractivity (Wildman–Crippen MR) is 80.3 cm³/mol. The fourth-order valence-corrected chi connectivity index (χ4v) is 2.58. The molecule has 3 rings (SSSR count). The van der Waals surface area contributed by atoms with E-state index in [1.54, 1.807) is 12.1 Å². The van der Waals surface area contributed by atoms with Crippen molar-refractivity contribution in [3.8, 4) is 11.4 Å². The minimum absolute atomic E-state index is 0.121. The molecule has 0 fully saturated rings. The fraction of sp³-hybridized carbons (Fsp3) is 0.286. The van der Waals surface area contributed by atoms with Gasteiger partial charge in [-0.25, -0.2) is 0 Å². The molecule has 0 bridgehead atoms. The predicted octanol–water partition coefficient (Wildman–Crippen LogP) is 1.77. The molecule has 1 aromatic carbocycles. The van der Waals surface area contributed by atoms with E-state index in [1.807, 2.05) is 0 Å². The Morgan fingerprint density at radius 1 is 1.41 bits per heavy atom. The number of ether oxygens (including phenoxy) is 1. The summed E-state index contributed by atoms with van der Waals surface area (Å²) in [6, 6.07) is 3.32. The molecule has 0 atom stereocenters. The summed E-state index contributed by atoms with van der Waals surface area (Å²) in [7, 11) is 1.50. The normalized spacial score (nSPS) is 14.3. The highest BCUT2D eigenvalue weighted by atomic mass is 35.5. The van der Waals surface area contributed by atoms with Crippen molar-refractivity contribution in [2.45, 2.75) is 18.9 Å². The van der Waals surface area contributed by atoms with Crippen LogP contribution in [-0.2, 0) is 0 Å². The maximum atomic E-state index is 12.4. The molecule has 0 aliphatic heterocycles. The first-order valence-electron chi connectivity index (χ1n) is 6.76. The van der Waals surface area contributed by atoms with E-state index in [1.165, 1.54) is 18.1 Å². The molecule has 1 aliphatic carbocycles. The number of benzene rings is 1. The van der Waals surface area contributed by atoms with Crippen molar-refractivity contribution in [2.75, 3.05) is 7.11 Å².